The van der Waals surface area contributed by atoms with E-state index >= 15 is 0 Å². The third kappa shape index (κ3) is 3.34. The Hall–Kier alpha value is -1.31. The van der Waals surface area contributed by atoms with Crippen molar-refractivity contribution < 1.29 is 4.79 Å². The van der Waals surface area contributed by atoms with Gasteiger partial charge in [-0.15, -0.1) is 0 Å². The van der Waals surface area contributed by atoms with Gasteiger partial charge in [0.1, 0.15) is 0 Å². The summed E-state index contributed by atoms with van der Waals surface area (Å²) >= 11 is 0. The fourth-order valence-corrected chi connectivity index (χ4v) is 2.62. The van der Waals surface area contributed by atoms with Crippen molar-refractivity contribution in [1.29, 1.82) is 0 Å². The molecule has 97 valence electrons. The predicted octanol–water partition coefficient (Wildman–Crippen LogP) is 3.54. The highest BCUT2D eigenvalue weighted by molar-refractivity contribution is 5.94. The van der Waals surface area contributed by atoms with Crippen molar-refractivity contribution in [1.82, 2.24) is 4.90 Å². The Balaban J connectivity index is 1.84. The lowest BCUT2D eigenvalue weighted by Crippen LogP contribution is -2.38. The average molecular weight is 244 g/mol. The number of rotatable bonds is 4. The quantitative estimate of drug-likeness (QED) is 0.793. The van der Waals surface area contributed by atoms with Gasteiger partial charge in [0.25, 0.3) is 5.91 Å². The van der Waals surface area contributed by atoms with Gasteiger partial charge in [0, 0.05) is 18.7 Å². The van der Waals surface area contributed by atoms with Gasteiger partial charge in [-0.1, -0.05) is 44.4 Å². The van der Waals surface area contributed by atoms with Crippen molar-refractivity contribution >= 4 is 5.91 Å². The molecule has 1 amide bonds. The van der Waals surface area contributed by atoms with Gasteiger partial charge in [-0.25, -0.2) is 0 Å². The van der Waals surface area contributed by atoms with E-state index in [2.05, 4.69) is 6.92 Å². The Bertz CT molecular complexity index is 366. The van der Waals surface area contributed by atoms with E-state index in [9.17, 15) is 4.79 Å². The number of unbranched alkanes of at least 4 members (excludes halogenated alkanes) is 1. The lowest BCUT2D eigenvalue weighted by Gasteiger charge is -2.32. The summed E-state index contributed by atoms with van der Waals surface area (Å²) in [6, 6.07) is 9.60. The molecule has 0 spiro atoms. The van der Waals surface area contributed by atoms with E-state index in [-0.39, 0.29) is 5.91 Å². The van der Waals surface area contributed by atoms with Crippen molar-refractivity contribution in [3.05, 3.63) is 42.8 Å². The molecule has 2 nitrogen and oxygen atoms in total. The largest absolute Gasteiger partial charge is 0.339 e. The van der Waals surface area contributed by atoms with Crippen LogP contribution in [0, 0.1) is 12.8 Å². The molecule has 0 aliphatic carbocycles. The number of hydrogen-bond donors (Lipinski definition) is 0. The molecular weight excluding hydrogens is 222 g/mol. The molecule has 0 N–H and O–H groups in total. The zero-order chi connectivity index (χ0) is 12.8. The smallest absolute Gasteiger partial charge is 0.253 e. The molecule has 0 aromatic heterocycles. The molecule has 1 aliphatic heterocycles. The van der Waals surface area contributed by atoms with Crippen molar-refractivity contribution in [3.63, 3.8) is 0 Å². The molecule has 0 unspecified atom stereocenters. The number of carbonyl (C=O) groups is 1. The molecule has 2 heteroatoms. The maximum absolute atomic E-state index is 12.2. The number of amides is 1. The molecule has 1 aliphatic rings. The highest BCUT2D eigenvalue weighted by atomic mass is 16.2. The highest BCUT2D eigenvalue weighted by Crippen LogP contribution is 2.23. The lowest BCUT2D eigenvalue weighted by molar-refractivity contribution is 0.0686. The zero-order valence-electron chi connectivity index (χ0n) is 11.0. The number of nitrogens with zero attached hydrogens (tertiary/aromatic N) is 1. The monoisotopic (exact) mass is 244 g/mol. The lowest BCUT2D eigenvalue weighted by atomic mass is 9.91. The summed E-state index contributed by atoms with van der Waals surface area (Å²) in [5.74, 6) is 0.984. The minimum Gasteiger partial charge on any atom is -0.339 e. The minimum absolute atomic E-state index is 0.186. The van der Waals surface area contributed by atoms with E-state index < -0.39 is 0 Å². The highest BCUT2D eigenvalue weighted by Gasteiger charge is 2.22. The fourth-order valence-electron chi connectivity index (χ4n) is 2.62. The second-order valence-electron chi connectivity index (χ2n) is 5.10. The van der Waals surface area contributed by atoms with Gasteiger partial charge >= 0.3 is 0 Å². The van der Waals surface area contributed by atoms with E-state index in [1.165, 1.54) is 12.8 Å². The minimum atomic E-state index is 0.186. The van der Waals surface area contributed by atoms with E-state index in [4.69, 9.17) is 0 Å². The summed E-state index contributed by atoms with van der Waals surface area (Å²) in [4.78, 5) is 14.2. The van der Waals surface area contributed by atoms with Gasteiger partial charge in [0.05, 0.1) is 0 Å². The standard InChI is InChI=1S/C16H22NO/c1-2-3-7-14-10-12-17(13-11-14)16(18)15-8-5-4-6-9-15/h4-6,8-9,14H,1-3,7,10-13H2. The topological polar surface area (TPSA) is 20.3 Å². The van der Waals surface area contributed by atoms with Crippen LogP contribution < -0.4 is 0 Å². The maximum atomic E-state index is 12.2. The van der Waals surface area contributed by atoms with Crippen molar-refractivity contribution in [2.75, 3.05) is 13.1 Å². The normalized spacial score (nSPS) is 16.8. The molecule has 0 saturated carbocycles. The van der Waals surface area contributed by atoms with Crippen LogP contribution in [0.2, 0.25) is 0 Å². The van der Waals surface area contributed by atoms with E-state index in [1.807, 2.05) is 35.2 Å². The van der Waals surface area contributed by atoms with Crippen LogP contribution in [-0.4, -0.2) is 23.9 Å². The van der Waals surface area contributed by atoms with E-state index in [1.54, 1.807) is 0 Å². The molecule has 18 heavy (non-hydrogen) atoms. The van der Waals surface area contributed by atoms with Gasteiger partial charge < -0.3 is 4.90 Å². The zero-order valence-corrected chi connectivity index (χ0v) is 11.0. The van der Waals surface area contributed by atoms with Crippen LogP contribution in [0.4, 0.5) is 0 Å². The third-order valence-corrected chi connectivity index (χ3v) is 3.78. The molecular formula is C16H22NO. The second kappa shape index (κ2) is 6.58. The van der Waals surface area contributed by atoms with Gasteiger partial charge in [-0.05, 0) is 30.9 Å². The maximum Gasteiger partial charge on any atom is 0.253 e. The molecule has 2 rings (SSSR count). The molecule has 1 aromatic rings. The first-order chi connectivity index (χ1) is 8.81. The van der Waals surface area contributed by atoms with E-state index in [0.29, 0.717) is 0 Å². The van der Waals surface area contributed by atoms with Crippen LogP contribution in [0.3, 0.4) is 0 Å². The van der Waals surface area contributed by atoms with Crippen LogP contribution in [0.5, 0.6) is 0 Å². The number of likely N-dealkylation sites (tertiary alicyclic amines) is 1. The number of hydrogen-bond acceptors (Lipinski definition) is 1. The fraction of sp³-hybridized carbons (Fsp3) is 0.500. The molecule has 1 fully saturated rings. The van der Waals surface area contributed by atoms with Crippen LogP contribution in [-0.2, 0) is 0 Å². The summed E-state index contributed by atoms with van der Waals surface area (Å²) in [5.41, 5.74) is 0.814. The van der Waals surface area contributed by atoms with E-state index in [0.717, 1.165) is 43.8 Å². The van der Waals surface area contributed by atoms with Crippen molar-refractivity contribution in [2.45, 2.75) is 32.1 Å². The van der Waals surface area contributed by atoms with Gasteiger partial charge in [-0.2, -0.15) is 0 Å². The molecule has 0 atom stereocenters. The molecule has 1 radical (unpaired) electrons. The Morgan fingerprint density at radius 1 is 1.22 bits per heavy atom. The summed E-state index contributed by atoms with van der Waals surface area (Å²) in [7, 11) is 0. The van der Waals surface area contributed by atoms with Gasteiger partial charge in [-0.3, -0.25) is 4.79 Å². The molecule has 1 saturated heterocycles. The van der Waals surface area contributed by atoms with Crippen LogP contribution >= 0.6 is 0 Å². The first-order valence-electron chi connectivity index (χ1n) is 6.95. The average Bonchev–Trinajstić information content (AvgIpc) is 2.46. The van der Waals surface area contributed by atoms with Gasteiger partial charge in [0.15, 0.2) is 0 Å². The Labute approximate surface area is 110 Å². The SMILES string of the molecule is [CH2]CCCC1CCN(C(=O)c2ccccc2)CC1. The van der Waals surface area contributed by atoms with Crippen LogP contribution in [0.1, 0.15) is 42.5 Å². The predicted molar refractivity (Wildman–Crippen MR) is 74.3 cm³/mol. The second-order valence-corrected chi connectivity index (χ2v) is 5.10. The first kappa shape index (κ1) is 13.1. The Morgan fingerprint density at radius 2 is 1.89 bits per heavy atom. The van der Waals surface area contributed by atoms with Crippen molar-refractivity contribution in [3.8, 4) is 0 Å². The van der Waals surface area contributed by atoms with Crippen molar-refractivity contribution in [2.24, 2.45) is 5.92 Å². The summed E-state index contributed by atoms with van der Waals surface area (Å²) in [6.07, 6.45) is 5.83. The Kier molecular flexibility index (Phi) is 4.80. The molecule has 1 aromatic carbocycles. The summed E-state index contributed by atoms with van der Waals surface area (Å²) < 4.78 is 0. The van der Waals surface area contributed by atoms with Crippen LogP contribution in [0.25, 0.3) is 0 Å². The third-order valence-electron chi connectivity index (χ3n) is 3.78. The number of piperidine rings is 1. The van der Waals surface area contributed by atoms with Gasteiger partial charge in [0.2, 0.25) is 0 Å². The van der Waals surface area contributed by atoms with Crippen LogP contribution in [0.15, 0.2) is 30.3 Å². The summed E-state index contributed by atoms with van der Waals surface area (Å²) in [5, 5.41) is 0. The molecule has 0 bridgehead atoms. The molecule has 1 heterocycles. The first-order valence-corrected chi connectivity index (χ1v) is 6.95. The Morgan fingerprint density at radius 3 is 2.50 bits per heavy atom. The number of carbonyl (C=O) groups excluding carboxylic acids is 1. The summed E-state index contributed by atoms with van der Waals surface area (Å²) in [6.45, 7) is 5.71. The number of benzene rings is 1.